The van der Waals surface area contributed by atoms with E-state index >= 15 is 0 Å². The second-order valence-electron chi connectivity index (χ2n) is 5.70. The molecule has 0 aromatic carbocycles. The van der Waals surface area contributed by atoms with Crippen LogP contribution in [0.15, 0.2) is 0 Å². The van der Waals surface area contributed by atoms with Gasteiger partial charge < -0.3 is 25.8 Å². The van der Waals surface area contributed by atoms with Gasteiger partial charge in [-0.05, 0) is 40.5 Å². The van der Waals surface area contributed by atoms with Crippen molar-refractivity contribution < 1.29 is 23.9 Å². The highest BCUT2D eigenvalue weighted by molar-refractivity contribution is 5.85. The average molecular weight is 317 g/mol. The zero-order valence-corrected chi connectivity index (χ0v) is 13.7. The summed E-state index contributed by atoms with van der Waals surface area (Å²) in [6.07, 6.45) is 0.394. The van der Waals surface area contributed by atoms with E-state index in [1.165, 1.54) is 0 Å². The first-order valence-electron chi connectivity index (χ1n) is 7.31. The van der Waals surface area contributed by atoms with Crippen LogP contribution in [0.25, 0.3) is 0 Å². The molecule has 128 valence electrons. The van der Waals surface area contributed by atoms with Crippen LogP contribution >= 0.6 is 0 Å². The summed E-state index contributed by atoms with van der Waals surface area (Å²) in [4.78, 5) is 34.1. The number of esters is 1. The van der Waals surface area contributed by atoms with Crippen molar-refractivity contribution in [2.45, 2.75) is 52.2 Å². The summed E-state index contributed by atoms with van der Waals surface area (Å²) >= 11 is 0. The third-order valence-electron chi connectivity index (χ3n) is 2.41. The maximum absolute atomic E-state index is 11.6. The minimum absolute atomic E-state index is 0.198. The summed E-state index contributed by atoms with van der Waals surface area (Å²) in [6.45, 7) is 7.42. The van der Waals surface area contributed by atoms with Gasteiger partial charge in [-0.25, -0.2) is 4.79 Å². The Kier molecular flexibility index (Phi) is 9.16. The number of nitrogens with two attached hydrogens (primary N) is 1. The van der Waals surface area contributed by atoms with E-state index < -0.39 is 29.6 Å². The molecular weight excluding hydrogens is 290 g/mol. The molecule has 1 atom stereocenters. The molecule has 0 unspecified atom stereocenters. The summed E-state index contributed by atoms with van der Waals surface area (Å²) in [7, 11) is 0. The van der Waals surface area contributed by atoms with E-state index in [0.717, 1.165) is 0 Å². The van der Waals surface area contributed by atoms with Crippen LogP contribution in [0.2, 0.25) is 0 Å². The zero-order valence-electron chi connectivity index (χ0n) is 13.7. The average Bonchev–Trinajstić information content (AvgIpc) is 2.39. The Morgan fingerprint density at radius 2 is 1.82 bits per heavy atom. The molecule has 8 nitrogen and oxygen atoms in total. The molecule has 0 aliphatic heterocycles. The topological polar surface area (TPSA) is 120 Å². The minimum Gasteiger partial charge on any atom is -0.465 e. The SMILES string of the molecule is CCOC(=O)CNC(=O)[C@@H](N)CCCNC(=O)OC(C)(C)C. The van der Waals surface area contributed by atoms with Gasteiger partial charge in [0, 0.05) is 6.54 Å². The fourth-order valence-corrected chi connectivity index (χ4v) is 1.46. The van der Waals surface area contributed by atoms with Gasteiger partial charge in [0.15, 0.2) is 0 Å². The van der Waals surface area contributed by atoms with Crippen LogP contribution < -0.4 is 16.4 Å². The Morgan fingerprint density at radius 3 is 2.36 bits per heavy atom. The first-order chi connectivity index (χ1) is 10.2. The summed E-state index contributed by atoms with van der Waals surface area (Å²) in [5.74, 6) is -0.931. The van der Waals surface area contributed by atoms with E-state index in [-0.39, 0.29) is 13.2 Å². The molecule has 0 aliphatic rings. The van der Waals surface area contributed by atoms with Gasteiger partial charge in [0.25, 0.3) is 0 Å². The molecular formula is C14H27N3O5. The van der Waals surface area contributed by atoms with Gasteiger partial charge in [-0.2, -0.15) is 0 Å². The molecule has 2 amide bonds. The van der Waals surface area contributed by atoms with E-state index in [1.807, 2.05) is 0 Å². The Hall–Kier alpha value is -1.83. The van der Waals surface area contributed by atoms with Crippen molar-refractivity contribution in [3.05, 3.63) is 0 Å². The van der Waals surface area contributed by atoms with Crippen molar-refractivity contribution in [2.75, 3.05) is 19.7 Å². The van der Waals surface area contributed by atoms with Crippen molar-refractivity contribution in [3.8, 4) is 0 Å². The molecule has 0 aliphatic carbocycles. The molecule has 0 fully saturated rings. The first-order valence-corrected chi connectivity index (χ1v) is 7.31. The predicted molar refractivity (Wildman–Crippen MR) is 81.1 cm³/mol. The van der Waals surface area contributed by atoms with Gasteiger partial charge in [0.1, 0.15) is 12.1 Å². The Morgan fingerprint density at radius 1 is 1.18 bits per heavy atom. The fraction of sp³-hybridized carbons (Fsp3) is 0.786. The molecule has 0 spiro atoms. The van der Waals surface area contributed by atoms with Gasteiger partial charge in [0.2, 0.25) is 5.91 Å². The number of amides is 2. The largest absolute Gasteiger partial charge is 0.465 e. The van der Waals surface area contributed by atoms with E-state index in [4.69, 9.17) is 10.5 Å². The van der Waals surface area contributed by atoms with Gasteiger partial charge in [-0.3, -0.25) is 9.59 Å². The second kappa shape index (κ2) is 9.99. The molecule has 0 aromatic rings. The van der Waals surface area contributed by atoms with Gasteiger partial charge in [-0.15, -0.1) is 0 Å². The lowest BCUT2D eigenvalue weighted by molar-refractivity contribution is -0.143. The number of hydrogen-bond acceptors (Lipinski definition) is 6. The number of rotatable bonds is 8. The van der Waals surface area contributed by atoms with Gasteiger partial charge in [0.05, 0.1) is 12.6 Å². The molecule has 0 heterocycles. The van der Waals surface area contributed by atoms with E-state index in [0.29, 0.717) is 19.4 Å². The molecule has 0 rings (SSSR count). The molecule has 22 heavy (non-hydrogen) atoms. The third kappa shape index (κ3) is 10.9. The smallest absolute Gasteiger partial charge is 0.407 e. The lowest BCUT2D eigenvalue weighted by Crippen LogP contribution is -2.43. The van der Waals surface area contributed by atoms with Gasteiger partial charge >= 0.3 is 12.1 Å². The highest BCUT2D eigenvalue weighted by Gasteiger charge is 2.17. The van der Waals surface area contributed by atoms with Crippen LogP contribution in [0.5, 0.6) is 0 Å². The standard InChI is InChI=1S/C14H27N3O5/c1-5-21-11(18)9-17-12(19)10(15)7-6-8-16-13(20)22-14(2,3)4/h10H,5-9,15H2,1-4H3,(H,16,20)(H,17,19)/t10-/m0/s1. The quantitative estimate of drug-likeness (QED) is 0.437. The minimum atomic E-state index is -0.741. The van der Waals surface area contributed by atoms with Gasteiger partial charge in [-0.1, -0.05) is 0 Å². The predicted octanol–water partition coefficient (Wildman–Crippen LogP) is 0.298. The third-order valence-corrected chi connectivity index (χ3v) is 2.41. The normalized spacial score (nSPS) is 12.2. The molecule has 8 heteroatoms. The monoisotopic (exact) mass is 317 g/mol. The van der Waals surface area contributed by atoms with Crippen LogP contribution in [-0.4, -0.2) is 49.3 Å². The summed E-state index contributed by atoms with van der Waals surface area (Å²) in [6, 6.07) is -0.741. The van der Waals surface area contributed by atoms with E-state index in [1.54, 1.807) is 27.7 Å². The molecule has 0 bridgehead atoms. The molecule has 0 aromatic heterocycles. The number of hydrogen-bond donors (Lipinski definition) is 3. The highest BCUT2D eigenvalue weighted by atomic mass is 16.6. The maximum atomic E-state index is 11.6. The van der Waals surface area contributed by atoms with E-state index in [2.05, 4.69) is 15.4 Å². The van der Waals surface area contributed by atoms with E-state index in [9.17, 15) is 14.4 Å². The number of alkyl carbamates (subject to hydrolysis) is 1. The Bertz CT molecular complexity index is 379. The number of carbonyl (C=O) groups excluding carboxylic acids is 3. The number of ether oxygens (including phenoxy) is 2. The molecule has 0 radical (unpaired) electrons. The number of nitrogens with one attached hydrogen (secondary N) is 2. The van der Waals surface area contributed by atoms with Crippen molar-refractivity contribution in [1.82, 2.24) is 10.6 Å². The molecule has 4 N–H and O–H groups in total. The lowest BCUT2D eigenvalue weighted by atomic mass is 10.1. The first kappa shape index (κ1) is 20.2. The van der Waals surface area contributed by atoms with Crippen LogP contribution in [-0.2, 0) is 19.1 Å². The lowest BCUT2D eigenvalue weighted by Gasteiger charge is -2.19. The van der Waals surface area contributed by atoms with Crippen LogP contribution in [0.3, 0.4) is 0 Å². The van der Waals surface area contributed by atoms with Crippen molar-refractivity contribution in [1.29, 1.82) is 0 Å². The van der Waals surface area contributed by atoms with Crippen LogP contribution in [0, 0.1) is 0 Å². The Labute approximate surface area is 131 Å². The summed E-state index contributed by atoms with van der Waals surface area (Å²) < 4.78 is 9.75. The van der Waals surface area contributed by atoms with Crippen molar-refractivity contribution in [3.63, 3.8) is 0 Å². The zero-order chi connectivity index (χ0) is 17.2. The molecule has 0 saturated carbocycles. The highest BCUT2D eigenvalue weighted by Crippen LogP contribution is 2.06. The maximum Gasteiger partial charge on any atom is 0.407 e. The van der Waals surface area contributed by atoms with Crippen molar-refractivity contribution >= 4 is 18.0 Å². The number of carbonyl (C=O) groups is 3. The second-order valence-corrected chi connectivity index (χ2v) is 5.70. The summed E-state index contributed by atoms with van der Waals surface area (Å²) in [5, 5.41) is 4.98. The van der Waals surface area contributed by atoms with Crippen LogP contribution in [0.4, 0.5) is 4.79 Å². The van der Waals surface area contributed by atoms with Crippen molar-refractivity contribution in [2.24, 2.45) is 5.73 Å². The fourth-order valence-electron chi connectivity index (χ4n) is 1.46. The summed E-state index contributed by atoms with van der Waals surface area (Å²) in [5.41, 5.74) is 5.14. The van der Waals surface area contributed by atoms with Crippen LogP contribution in [0.1, 0.15) is 40.5 Å². The molecule has 0 saturated heterocycles. The Balaban J connectivity index is 3.80.